The second kappa shape index (κ2) is 5.88. The highest BCUT2D eigenvalue weighted by Gasteiger charge is 2.30. The first-order chi connectivity index (χ1) is 8.15. The lowest BCUT2D eigenvalue weighted by Crippen LogP contribution is -2.26. The number of carbonyl (C=O) groups is 1. The Morgan fingerprint density at radius 2 is 1.41 bits per heavy atom. The first-order valence-corrected chi connectivity index (χ1v) is 7.37. The van der Waals surface area contributed by atoms with Crippen LogP contribution >= 0.6 is 0 Å². The van der Waals surface area contributed by atoms with Crippen LogP contribution < -0.4 is 0 Å². The van der Waals surface area contributed by atoms with Crippen molar-refractivity contribution in [3.05, 3.63) is 0 Å². The monoisotopic (exact) mass is 238 g/mol. The Labute approximate surface area is 105 Å². The lowest BCUT2D eigenvalue weighted by molar-refractivity contribution is -0.138. The van der Waals surface area contributed by atoms with Gasteiger partial charge in [-0.1, -0.05) is 19.8 Å². The summed E-state index contributed by atoms with van der Waals surface area (Å²) >= 11 is 0. The standard InChI is InChI=1S/C15H26O2/c1-11-2-6-13(7-3-11)14-8-4-12(5-9-14)10-15(16)17/h11-14H,2-10H2,1H3,(H,16,17). The Hall–Kier alpha value is -0.530. The van der Waals surface area contributed by atoms with Crippen LogP contribution in [-0.4, -0.2) is 11.1 Å². The average Bonchev–Trinajstić information content (AvgIpc) is 2.30. The normalized spacial score (nSPS) is 38.9. The van der Waals surface area contributed by atoms with Crippen molar-refractivity contribution in [2.75, 3.05) is 0 Å². The molecular weight excluding hydrogens is 212 g/mol. The van der Waals surface area contributed by atoms with Crippen LogP contribution in [0.4, 0.5) is 0 Å². The van der Waals surface area contributed by atoms with Crippen LogP contribution in [0.3, 0.4) is 0 Å². The quantitative estimate of drug-likeness (QED) is 0.804. The van der Waals surface area contributed by atoms with Gasteiger partial charge in [-0.05, 0) is 62.2 Å². The zero-order valence-electron chi connectivity index (χ0n) is 11.0. The molecule has 0 bridgehead atoms. The molecular formula is C15H26O2. The zero-order chi connectivity index (χ0) is 12.3. The molecule has 1 N–H and O–H groups in total. The van der Waals surface area contributed by atoms with Crippen molar-refractivity contribution < 1.29 is 9.90 Å². The van der Waals surface area contributed by atoms with Crippen molar-refractivity contribution in [3.63, 3.8) is 0 Å². The van der Waals surface area contributed by atoms with E-state index < -0.39 is 5.97 Å². The van der Waals surface area contributed by atoms with E-state index in [1.54, 1.807) is 0 Å². The molecule has 0 atom stereocenters. The molecule has 0 aromatic carbocycles. The van der Waals surface area contributed by atoms with Crippen LogP contribution in [0.1, 0.15) is 64.7 Å². The van der Waals surface area contributed by atoms with E-state index in [0.29, 0.717) is 12.3 Å². The lowest BCUT2D eigenvalue weighted by Gasteiger charge is -2.37. The summed E-state index contributed by atoms with van der Waals surface area (Å²) < 4.78 is 0. The van der Waals surface area contributed by atoms with E-state index >= 15 is 0 Å². The molecule has 0 aromatic rings. The molecule has 2 aliphatic rings. The molecule has 98 valence electrons. The predicted octanol–water partition coefficient (Wildman–Crippen LogP) is 4.09. The minimum atomic E-state index is -0.611. The number of carboxylic acid groups (broad SMARTS) is 1. The fourth-order valence-corrected chi connectivity index (χ4v) is 3.87. The largest absolute Gasteiger partial charge is 0.481 e. The Bertz CT molecular complexity index is 246. The zero-order valence-corrected chi connectivity index (χ0v) is 11.0. The van der Waals surface area contributed by atoms with Gasteiger partial charge in [-0.2, -0.15) is 0 Å². The van der Waals surface area contributed by atoms with Gasteiger partial charge < -0.3 is 5.11 Å². The van der Waals surface area contributed by atoms with Crippen molar-refractivity contribution in [1.29, 1.82) is 0 Å². The van der Waals surface area contributed by atoms with E-state index in [9.17, 15) is 4.79 Å². The SMILES string of the molecule is CC1CCC(C2CCC(CC(=O)O)CC2)CC1. The van der Waals surface area contributed by atoms with E-state index in [2.05, 4.69) is 6.92 Å². The third-order valence-electron chi connectivity index (χ3n) is 5.08. The minimum Gasteiger partial charge on any atom is -0.481 e. The van der Waals surface area contributed by atoms with Gasteiger partial charge in [-0.25, -0.2) is 0 Å². The Morgan fingerprint density at radius 3 is 1.88 bits per heavy atom. The highest BCUT2D eigenvalue weighted by molar-refractivity contribution is 5.67. The van der Waals surface area contributed by atoms with E-state index in [-0.39, 0.29) is 0 Å². The maximum Gasteiger partial charge on any atom is 0.303 e. The third-order valence-corrected chi connectivity index (χ3v) is 5.08. The van der Waals surface area contributed by atoms with Gasteiger partial charge in [0.25, 0.3) is 0 Å². The van der Waals surface area contributed by atoms with Crippen LogP contribution in [0.25, 0.3) is 0 Å². The van der Waals surface area contributed by atoms with E-state index in [0.717, 1.165) is 30.6 Å². The maximum absolute atomic E-state index is 10.7. The second-order valence-corrected chi connectivity index (χ2v) is 6.40. The number of hydrogen-bond acceptors (Lipinski definition) is 1. The number of carboxylic acids is 1. The molecule has 0 aliphatic heterocycles. The molecule has 0 aromatic heterocycles. The summed E-state index contributed by atoms with van der Waals surface area (Å²) in [6.45, 7) is 2.37. The van der Waals surface area contributed by atoms with Gasteiger partial charge >= 0.3 is 5.97 Å². The number of rotatable bonds is 3. The van der Waals surface area contributed by atoms with E-state index in [4.69, 9.17) is 5.11 Å². The summed E-state index contributed by atoms with van der Waals surface area (Å²) in [6, 6.07) is 0. The second-order valence-electron chi connectivity index (χ2n) is 6.40. The van der Waals surface area contributed by atoms with Gasteiger partial charge in [0.15, 0.2) is 0 Å². The fraction of sp³-hybridized carbons (Fsp3) is 0.933. The summed E-state index contributed by atoms with van der Waals surface area (Å²) in [5, 5.41) is 8.81. The van der Waals surface area contributed by atoms with Crippen LogP contribution in [0.5, 0.6) is 0 Å². The van der Waals surface area contributed by atoms with Crippen molar-refractivity contribution in [2.45, 2.75) is 64.7 Å². The lowest BCUT2D eigenvalue weighted by atomic mass is 9.69. The number of hydrogen-bond donors (Lipinski definition) is 1. The smallest absolute Gasteiger partial charge is 0.303 e. The molecule has 0 heterocycles. The van der Waals surface area contributed by atoms with Crippen LogP contribution in [0, 0.1) is 23.7 Å². The maximum atomic E-state index is 10.7. The molecule has 0 spiro atoms. The van der Waals surface area contributed by atoms with Gasteiger partial charge in [-0.3, -0.25) is 4.79 Å². The summed E-state index contributed by atoms with van der Waals surface area (Å²) in [5.74, 6) is 2.66. The minimum absolute atomic E-state index is 0.397. The van der Waals surface area contributed by atoms with Gasteiger partial charge in [0.1, 0.15) is 0 Å². The van der Waals surface area contributed by atoms with Crippen molar-refractivity contribution in [3.8, 4) is 0 Å². The Morgan fingerprint density at radius 1 is 0.941 bits per heavy atom. The molecule has 2 rings (SSSR count). The molecule has 0 unspecified atom stereocenters. The van der Waals surface area contributed by atoms with E-state index in [1.165, 1.54) is 38.5 Å². The average molecular weight is 238 g/mol. The molecule has 2 fully saturated rings. The van der Waals surface area contributed by atoms with Gasteiger partial charge in [-0.15, -0.1) is 0 Å². The predicted molar refractivity (Wildman–Crippen MR) is 68.8 cm³/mol. The molecule has 17 heavy (non-hydrogen) atoms. The Balaban J connectivity index is 1.73. The van der Waals surface area contributed by atoms with Crippen LogP contribution in [-0.2, 0) is 4.79 Å². The van der Waals surface area contributed by atoms with Gasteiger partial charge in [0, 0.05) is 6.42 Å². The molecule has 0 radical (unpaired) electrons. The van der Waals surface area contributed by atoms with Gasteiger partial charge in [0.05, 0.1) is 0 Å². The van der Waals surface area contributed by atoms with Gasteiger partial charge in [0.2, 0.25) is 0 Å². The third kappa shape index (κ3) is 3.72. The van der Waals surface area contributed by atoms with Crippen LogP contribution in [0.2, 0.25) is 0 Å². The van der Waals surface area contributed by atoms with Crippen molar-refractivity contribution in [2.24, 2.45) is 23.7 Å². The first kappa shape index (κ1) is 12.9. The Kier molecular flexibility index (Phi) is 4.47. The highest BCUT2D eigenvalue weighted by atomic mass is 16.4. The van der Waals surface area contributed by atoms with E-state index in [1.807, 2.05) is 0 Å². The molecule has 2 aliphatic carbocycles. The van der Waals surface area contributed by atoms with Crippen molar-refractivity contribution in [1.82, 2.24) is 0 Å². The summed E-state index contributed by atoms with van der Waals surface area (Å²) in [7, 11) is 0. The van der Waals surface area contributed by atoms with Crippen molar-refractivity contribution >= 4 is 5.97 Å². The summed E-state index contributed by atoms with van der Waals surface area (Å²) in [5.41, 5.74) is 0. The fourth-order valence-electron chi connectivity index (χ4n) is 3.87. The number of aliphatic carboxylic acids is 1. The highest BCUT2D eigenvalue weighted by Crippen LogP contribution is 2.41. The van der Waals surface area contributed by atoms with Crippen LogP contribution in [0.15, 0.2) is 0 Å². The summed E-state index contributed by atoms with van der Waals surface area (Å²) in [6.07, 6.45) is 11.0. The summed E-state index contributed by atoms with van der Waals surface area (Å²) in [4.78, 5) is 10.7. The first-order valence-electron chi connectivity index (χ1n) is 7.37. The topological polar surface area (TPSA) is 37.3 Å². The molecule has 2 nitrogen and oxygen atoms in total. The molecule has 0 amide bonds. The molecule has 0 saturated heterocycles. The molecule has 2 saturated carbocycles. The molecule has 2 heteroatoms.